The Balaban J connectivity index is 1.87. The lowest BCUT2D eigenvalue weighted by Crippen LogP contribution is -2.08. The highest BCUT2D eigenvalue weighted by Crippen LogP contribution is 2.41. The zero-order valence-corrected chi connectivity index (χ0v) is 13.6. The number of hydrogen-bond donors (Lipinski definition) is 1. The number of carbonyl (C=O) groups is 1. The van der Waals surface area contributed by atoms with Crippen LogP contribution in [-0.2, 0) is 11.2 Å². The van der Waals surface area contributed by atoms with E-state index < -0.39 is 0 Å². The smallest absolute Gasteiger partial charge is 0.337 e. The third kappa shape index (κ3) is 2.89. The topological polar surface area (TPSA) is 38.3 Å². The third-order valence-electron chi connectivity index (χ3n) is 3.56. The average molecular weight is 342 g/mol. The summed E-state index contributed by atoms with van der Waals surface area (Å²) in [5.41, 5.74) is 2.44. The van der Waals surface area contributed by atoms with Gasteiger partial charge in [-0.1, -0.05) is 23.2 Å². The summed E-state index contributed by atoms with van der Waals surface area (Å²) >= 11 is 13.9. The van der Waals surface area contributed by atoms with Gasteiger partial charge in [-0.05, 0) is 42.7 Å². The maximum atomic E-state index is 11.6. The van der Waals surface area contributed by atoms with Crippen LogP contribution in [0.5, 0.6) is 0 Å². The molecule has 0 bridgehead atoms. The van der Waals surface area contributed by atoms with Gasteiger partial charge in [0.2, 0.25) is 0 Å². The summed E-state index contributed by atoms with van der Waals surface area (Å²) in [6.45, 7) is 0. The second-order valence-electron chi connectivity index (χ2n) is 4.85. The van der Waals surface area contributed by atoms with Crippen molar-refractivity contribution >= 4 is 46.2 Å². The van der Waals surface area contributed by atoms with Gasteiger partial charge in [0.05, 0.1) is 33.8 Å². The van der Waals surface area contributed by atoms with Gasteiger partial charge in [-0.25, -0.2) is 4.79 Å². The van der Waals surface area contributed by atoms with Gasteiger partial charge in [0.25, 0.3) is 0 Å². The number of anilines is 1. The quantitative estimate of drug-likeness (QED) is 0.803. The largest absolute Gasteiger partial charge is 0.465 e. The average Bonchev–Trinajstić information content (AvgIpc) is 3.00. The molecule has 21 heavy (non-hydrogen) atoms. The lowest BCUT2D eigenvalue weighted by molar-refractivity contribution is 0.0601. The van der Waals surface area contributed by atoms with Crippen molar-refractivity contribution in [2.24, 2.45) is 0 Å². The molecule has 0 saturated heterocycles. The van der Waals surface area contributed by atoms with Crippen LogP contribution in [0.15, 0.2) is 24.3 Å². The number of hydrogen-bond acceptors (Lipinski definition) is 4. The van der Waals surface area contributed by atoms with Crippen molar-refractivity contribution < 1.29 is 9.53 Å². The van der Waals surface area contributed by atoms with E-state index in [0.717, 1.165) is 22.9 Å². The minimum Gasteiger partial charge on any atom is -0.465 e. The molecule has 1 aromatic carbocycles. The van der Waals surface area contributed by atoms with Gasteiger partial charge in [0, 0.05) is 4.88 Å². The van der Waals surface area contributed by atoms with Crippen molar-refractivity contribution in [3.63, 3.8) is 0 Å². The highest BCUT2D eigenvalue weighted by Gasteiger charge is 2.25. The predicted molar refractivity (Wildman–Crippen MR) is 86.8 cm³/mol. The first-order valence-electron chi connectivity index (χ1n) is 6.51. The Kier molecular flexibility index (Phi) is 4.11. The van der Waals surface area contributed by atoms with Crippen LogP contribution >= 0.6 is 34.5 Å². The molecule has 0 spiro atoms. The molecule has 1 N–H and O–H groups in total. The molecule has 3 rings (SSSR count). The van der Waals surface area contributed by atoms with Crippen LogP contribution in [0, 0.1) is 0 Å². The summed E-state index contributed by atoms with van der Waals surface area (Å²) in [5, 5.41) is 3.99. The number of aryl methyl sites for hydroxylation is 1. The lowest BCUT2D eigenvalue weighted by atomic mass is 10.1. The fraction of sp³-hybridized carbons (Fsp3) is 0.267. The standard InChI is InChI=1S/C15H13Cl2NO2S/c1-20-15(19)8-2-3-10(16)12(6-8)18-11-4-5-13-9(11)7-14(17)21-13/h2-3,6-7,11,18H,4-5H2,1H3. The van der Waals surface area contributed by atoms with Crippen molar-refractivity contribution in [1.82, 2.24) is 0 Å². The van der Waals surface area contributed by atoms with Gasteiger partial charge in [-0.2, -0.15) is 0 Å². The van der Waals surface area contributed by atoms with E-state index in [1.807, 2.05) is 6.07 Å². The summed E-state index contributed by atoms with van der Waals surface area (Å²) in [7, 11) is 1.36. The number of carbonyl (C=O) groups excluding carboxylic acids is 1. The number of nitrogens with one attached hydrogen (secondary N) is 1. The molecule has 0 saturated carbocycles. The maximum Gasteiger partial charge on any atom is 0.337 e. The molecule has 1 aromatic heterocycles. The Labute approximate surface area is 136 Å². The normalized spacial score (nSPS) is 16.6. The zero-order valence-electron chi connectivity index (χ0n) is 11.3. The van der Waals surface area contributed by atoms with Crippen LogP contribution in [0.2, 0.25) is 9.36 Å². The predicted octanol–water partition coefficient (Wildman–Crippen LogP) is 4.94. The van der Waals surface area contributed by atoms with Crippen LogP contribution in [0.25, 0.3) is 0 Å². The van der Waals surface area contributed by atoms with E-state index in [9.17, 15) is 4.79 Å². The van der Waals surface area contributed by atoms with Crippen molar-refractivity contribution in [3.05, 3.63) is 49.6 Å². The zero-order chi connectivity index (χ0) is 15.0. The van der Waals surface area contributed by atoms with Crippen molar-refractivity contribution in [3.8, 4) is 0 Å². The van der Waals surface area contributed by atoms with Gasteiger partial charge >= 0.3 is 5.97 Å². The molecule has 1 unspecified atom stereocenters. The molecular formula is C15H13Cl2NO2S. The summed E-state index contributed by atoms with van der Waals surface area (Å²) < 4.78 is 5.54. The number of rotatable bonds is 3. The Morgan fingerprint density at radius 3 is 2.95 bits per heavy atom. The van der Waals surface area contributed by atoms with Gasteiger partial charge in [-0.3, -0.25) is 0 Å². The molecular weight excluding hydrogens is 329 g/mol. The van der Waals surface area contributed by atoms with Gasteiger partial charge in [0.15, 0.2) is 0 Å². The first-order chi connectivity index (χ1) is 10.1. The highest BCUT2D eigenvalue weighted by atomic mass is 35.5. The molecule has 2 aromatic rings. The van der Waals surface area contributed by atoms with E-state index in [2.05, 4.69) is 5.32 Å². The van der Waals surface area contributed by atoms with E-state index in [0.29, 0.717) is 10.6 Å². The molecule has 0 aliphatic heterocycles. The van der Waals surface area contributed by atoms with Crippen LogP contribution < -0.4 is 5.32 Å². The molecule has 1 atom stereocenters. The minimum atomic E-state index is -0.375. The summed E-state index contributed by atoms with van der Waals surface area (Å²) in [6.07, 6.45) is 2.01. The molecule has 110 valence electrons. The SMILES string of the molecule is COC(=O)c1ccc(Cl)c(NC2CCc3sc(Cl)cc32)c1. The van der Waals surface area contributed by atoms with E-state index >= 15 is 0 Å². The van der Waals surface area contributed by atoms with E-state index in [4.69, 9.17) is 27.9 Å². The maximum absolute atomic E-state index is 11.6. The number of fused-ring (bicyclic) bond motifs is 1. The first kappa shape index (κ1) is 14.7. The molecule has 3 nitrogen and oxygen atoms in total. The second kappa shape index (κ2) is 5.87. The van der Waals surface area contributed by atoms with Crippen LogP contribution in [0.1, 0.15) is 33.3 Å². The minimum absolute atomic E-state index is 0.175. The number of thiophene rings is 1. The molecule has 1 aliphatic carbocycles. The van der Waals surface area contributed by atoms with Crippen molar-refractivity contribution in [2.75, 3.05) is 12.4 Å². The highest BCUT2D eigenvalue weighted by molar-refractivity contribution is 7.16. The number of methoxy groups -OCH3 is 1. The first-order valence-corrected chi connectivity index (χ1v) is 8.08. The Morgan fingerprint density at radius 2 is 2.19 bits per heavy atom. The molecule has 6 heteroatoms. The molecule has 1 heterocycles. The molecule has 0 fully saturated rings. The van der Waals surface area contributed by atoms with Crippen molar-refractivity contribution in [2.45, 2.75) is 18.9 Å². The second-order valence-corrected chi connectivity index (χ2v) is 7.03. The third-order valence-corrected chi connectivity index (χ3v) is 5.23. The van der Waals surface area contributed by atoms with E-state index in [-0.39, 0.29) is 12.0 Å². The fourth-order valence-corrected chi connectivity index (χ4v) is 4.08. The number of halogens is 2. The fourth-order valence-electron chi connectivity index (χ4n) is 2.55. The van der Waals surface area contributed by atoms with Gasteiger partial charge < -0.3 is 10.1 Å². The number of ether oxygens (including phenoxy) is 1. The molecule has 1 aliphatic rings. The molecule has 0 amide bonds. The number of esters is 1. The van der Waals surface area contributed by atoms with Crippen LogP contribution in [0.4, 0.5) is 5.69 Å². The van der Waals surface area contributed by atoms with Gasteiger partial charge in [0.1, 0.15) is 0 Å². The van der Waals surface area contributed by atoms with Crippen LogP contribution in [0.3, 0.4) is 0 Å². The Morgan fingerprint density at radius 1 is 1.38 bits per heavy atom. The van der Waals surface area contributed by atoms with Crippen LogP contribution in [-0.4, -0.2) is 13.1 Å². The van der Waals surface area contributed by atoms with Gasteiger partial charge in [-0.15, -0.1) is 11.3 Å². The van der Waals surface area contributed by atoms with E-state index in [1.165, 1.54) is 17.6 Å². The summed E-state index contributed by atoms with van der Waals surface area (Å²) in [6, 6.07) is 7.26. The Hall–Kier alpha value is -1.23. The monoisotopic (exact) mass is 341 g/mol. The Bertz CT molecular complexity index is 699. The lowest BCUT2D eigenvalue weighted by Gasteiger charge is -2.16. The van der Waals surface area contributed by atoms with Crippen molar-refractivity contribution in [1.29, 1.82) is 0 Å². The summed E-state index contributed by atoms with van der Waals surface area (Å²) in [4.78, 5) is 12.9. The summed E-state index contributed by atoms with van der Waals surface area (Å²) in [5.74, 6) is -0.375. The number of benzene rings is 1. The van der Waals surface area contributed by atoms with E-state index in [1.54, 1.807) is 29.5 Å². The molecule has 0 radical (unpaired) electrons.